The lowest BCUT2D eigenvalue weighted by atomic mass is 10.2. The quantitative estimate of drug-likeness (QED) is 0.822. The number of aryl methyl sites for hydroxylation is 1. The molecule has 0 saturated carbocycles. The van der Waals surface area contributed by atoms with E-state index in [1.165, 1.54) is 18.5 Å². The maximum Gasteiger partial charge on any atom is 0.105 e. The Bertz CT molecular complexity index is 329. The van der Waals surface area contributed by atoms with Gasteiger partial charge in [-0.15, -0.1) is 0 Å². The van der Waals surface area contributed by atoms with Gasteiger partial charge in [-0.05, 0) is 26.3 Å². The number of rotatable bonds is 5. The van der Waals surface area contributed by atoms with Crippen LogP contribution in [-0.4, -0.2) is 28.8 Å². The fraction of sp³-hybridized carbons (Fsp3) is 0.750. The third-order valence-electron chi connectivity index (χ3n) is 3.10. The van der Waals surface area contributed by atoms with E-state index in [0.29, 0.717) is 6.10 Å². The summed E-state index contributed by atoms with van der Waals surface area (Å²) in [6.07, 6.45) is 4.72. The van der Waals surface area contributed by atoms with Gasteiger partial charge in [0, 0.05) is 19.3 Å². The summed E-state index contributed by atoms with van der Waals surface area (Å²) < 4.78 is 7.95. The van der Waals surface area contributed by atoms with Crippen LogP contribution in [0.25, 0.3) is 0 Å². The van der Waals surface area contributed by atoms with Crippen molar-refractivity contribution < 1.29 is 4.74 Å². The molecule has 2 rings (SSSR count). The SMILES string of the molecule is CCNCc1cnc(C)n1CC1CCCO1. The van der Waals surface area contributed by atoms with Gasteiger partial charge in [-0.3, -0.25) is 0 Å². The van der Waals surface area contributed by atoms with E-state index in [1.807, 2.05) is 6.20 Å². The molecule has 4 heteroatoms. The van der Waals surface area contributed by atoms with Crippen molar-refractivity contribution in [1.82, 2.24) is 14.9 Å². The number of nitrogens with zero attached hydrogens (tertiary/aromatic N) is 2. The molecule has 1 aliphatic heterocycles. The van der Waals surface area contributed by atoms with Gasteiger partial charge in [0.2, 0.25) is 0 Å². The molecule has 2 heterocycles. The first kappa shape index (κ1) is 11.6. The second-order valence-electron chi connectivity index (χ2n) is 4.32. The average molecular weight is 223 g/mol. The standard InChI is InChI=1S/C12H21N3O/c1-3-13-7-11-8-14-10(2)15(11)9-12-5-4-6-16-12/h8,12-13H,3-7,9H2,1-2H3. The van der Waals surface area contributed by atoms with Crippen molar-refractivity contribution in [2.45, 2.75) is 45.9 Å². The molecule has 1 saturated heterocycles. The Morgan fingerprint density at radius 3 is 3.19 bits per heavy atom. The maximum absolute atomic E-state index is 5.67. The molecule has 4 nitrogen and oxygen atoms in total. The van der Waals surface area contributed by atoms with E-state index >= 15 is 0 Å². The van der Waals surface area contributed by atoms with E-state index < -0.39 is 0 Å². The molecule has 0 aromatic carbocycles. The summed E-state index contributed by atoms with van der Waals surface area (Å²) in [6, 6.07) is 0. The first-order valence-corrected chi connectivity index (χ1v) is 6.14. The Morgan fingerprint density at radius 1 is 1.62 bits per heavy atom. The average Bonchev–Trinajstić information content (AvgIpc) is 2.89. The zero-order valence-corrected chi connectivity index (χ0v) is 10.2. The molecule has 0 bridgehead atoms. The van der Waals surface area contributed by atoms with Gasteiger partial charge in [0.25, 0.3) is 0 Å². The predicted molar refractivity (Wildman–Crippen MR) is 63.3 cm³/mol. The highest BCUT2D eigenvalue weighted by molar-refractivity contribution is 5.04. The topological polar surface area (TPSA) is 39.1 Å². The first-order chi connectivity index (χ1) is 7.81. The van der Waals surface area contributed by atoms with Gasteiger partial charge in [-0.2, -0.15) is 0 Å². The predicted octanol–water partition coefficient (Wildman–Crippen LogP) is 1.48. The first-order valence-electron chi connectivity index (χ1n) is 6.14. The lowest BCUT2D eigenvalue weighted by Crippen LogP contribution is -2.21. The van der Waals surface area contributed by atoms with Crippen LogP contribution in [0, 0.1) is 6.92 Å². The molecule has 0 amide bonds. The minimum atomic E-state index is 0.383. The van der Waals surface area contributed by atoms with Gasteiger partial charge in [-0.1, -0.05) is 6.92 Å². The maximum atomic E-state index is 5.67. The monoisotopic (exact) mass is 223 g/mol. The molecule has 16 heavy (non-hydrogen) atoms. The summed E-state index contributed by atoms with van der Waals surface area (Å²) in [5.74, 6) is 1.09. The largest absolute Gasteiger partial charge is 0.376 e. The second kappa shape index (κ2) is 5.46. The van der Waals surface area contributed by atoms with Gasteiger partial charge >= 0.3 is 0 Å². The molecule has 1 aromatic rings. The van der Waals surface area contributed by atoms with Crippen molar-refractivity contribution in [3.8, 4) is 0 Å². The van der Waals surface area contributed by atoms with E-state index in [4.69, 9.17) is 4.74 Å². The molecule has 0 spiro atoms. The minimum absolute atomic E-state index is 0.383. The summed E-state index contributed by atoms with van der Waals surface area (Å²) in [4.78, 5) is 4.38. The van der Waals surface area contributed by atoms with Gasteiger partial charge in [0.15, 0.2) is 0 Å². The third kappa shape index (κ3) is 2.62. The van der Waals surface area contributed by atoms with Crippen molar-refractivity contribution in [2.75, 3.05) is 13.2 Å². The Balaban J connectivity index is 2.02. The van der Waals surface area contributed by atoms with Crippen LogP contribution in [0.2, 0.25) is 0 Å². The molecule has 0 aliphatic carbocycles. The van der Waals surface area contributed by atoms with Gasteiger partial charge < -0.3 is 14.6 Å². The molecule has 1 aromatic heterocycles. The number of hydrogen-bond acceptors (Lipinski definition) is 3. The van der Waals surface area contributed by atoms with E-state index in [-0.39, 0.29) is 0 Å². The van der Waals surface area contributed by atoms with E-state index in [1.54, 1.807) is 0 Å². The second-order valence-corrected chi connectivity index (χ2v) is 4.32. The highest BCUT2D eigenvalue weighted by Gasteiger charge is 2.18. The van der Waals surface area contributed by atoms with Crippen LogP contribution in [0.5, 0.6) is 0 Å². The fourth-order valence-corrected chi connectivity index (χ4v) is 2.15. The molecule has 1 fully saturated rings. The summed E-state index contributed by atoms with van der Waals surface area (Å²) in [7, 11) is 0. The third-order valence-corrected chi connectivity index (χ3v) is 3.10. The smallest absolute Gasteiger partial charge is 0.105 e. The highest BCUT2D eigenvalue weighted by atomic mass is 16.5. The summed E-state index contributed by atoms with van der Waals surface area (Å²) in [5, 5.41) is 3.34. The van der Waals surface area contributed by atoms with E-state index in [2.05, 4.69) is 28.7 Å². The summed E-state index contributed by atoms with van der Waals surface area (Å²) in [6.45, 7) is 7.93. The molecule has 90 valence electrons. The lowest BCUT2D eigenvalue weighted by Gasteiger charge is -2.15. The van der Waals surface area contributed by atoms with Crippen LogP contribution in [0.1, 0.15) is 31.3 Å². The van der Waals surface area contributed by atoms with Crippen LogP contribution >= 0.6 is 0 Å². The molecule has 1 atom stereocenters. The van der Waals surface area contributed by atoms with Crippen LogP contribution in [0.15, 0.2) is 6.20 Å². The summed E-state index contributed by atoms with van der Waals surface area (Å²) in [5.41, 5.74) is 1.26. The van der Waals surface area contributed by atoms with Crippen molar-refractivity contribution in [1.29, 1.82) is 0 Å². The van der Waals surface area contributed by atoms with Crippen molar-refractivity contribution >= 4 is 0 Å². The van der Waals surface area contributed by atoms with Crippen LogP contribution in [0.4, 0.5) is 0 Å². The summed E-state index contributed by atoms with van der Waals surface area (Å²) >= 11 is 0. The molecule has 1 aliphatic rings. The number of aromatic nitrogens is 2. The molecule has 1 N–H and O–H groups in total. The van der Waals surface area contributed by atoms with E-state index in [0.717, 1.165) is 32.1 Å². The number of nitrogens with one attached hydrogen (secondary N) is 1. The highest BCUT2D eigenvalue weighted by Crippen LogP contribution is 2.16. The zero-order chi connectivity index (χ0) is 11.4. The van der Waals surface area contributed by atoms with Crippen LogP contribution in [0.3, 0.4) is 0 Å². The Kier molecular flexibility index (Phi) is 3.96. The Hall–Kier alpha value is -0.870. The van der Waals surface area contributed by atoms with Crippen molar-refractivity contribution in [2.24, 2.45) is 0 Å². The Morgan fingerprint density at radius 2 is 2.50 bits per heavy atom. The van der Waals surface area contributed by atoms with Gasteiger partial charge in [0.1, 0.15) is 5.82 Å². The van der Waals surface area contributed by atoms with Crippen LogP contribution < -0.4 is 5.32 Å². The van der Waals surface area contributed by atoms with Gasteiger partial charge in [-0.25, -0.2) is 4.98 Å². The minimum Gasteiger partial charge on any atom is -0.376 e. The molecular formula is C12H21N3O. The normalized spacial score (nSPS) is 20.5. The Labute approximate surface area is 97.0 Å². The molecule has 0 radical (unpaired) electrons. The fourth-order valence-electron chi connectivity index (χ4n) is 2.15. The molecule has 1 unspecified atom stereocenters. The van der Waals surface area contributed by atoms with Crippen LogP contribution in [-0.2, 0) is 17.8 Å². The number of ether oxygens (including phenoxy) is 1. The number of hydrogen-bond donors (Lipinski definition) is 1. The van der Waals surface area contributed by atoms with Crippen molar-refractivity contribution in [3.63, 3.8) is 0 Å². The van der Waals surface area contributed by atoms with E-state index in [9.17, 15) is 0 Å². The zero-order valence-electron chi connectivity index (χ0n) is 10.2. The van der Waals surface area contributed by atoms with Gasteiger partial charge in [0.05, 0.1) is 18.3 Å². The lowest BCUT2D eigenvalue weighted by molar-refractivity contribution is 0.0957. The number of imidazole rings is 1. The van der Waals surface area contributed by atoms with Crippen molar-refractivity contribution in [3.05, 3.63) is 17.7 Å². The molecular weight excluding hydrogens is 202 g/mol.